The van der Waals surface area contributed by atoms with E-state index >= 15 is 0 Å². The summed E-state index contributed by atoms with van der Waals surface area (Å²) in [7, 11) is 0. The number of nitrogens with zero attached hydrogens (tertiary/aromatic N) is 2. The van der Waals surface area contributed by atoms with Crippen molar-refractivity contribution in [3.8, 4) is 0 Å². The Morgan fingerprint density at radius 1 is 1.14 bits per heavy atom. The Hall–Kier alpha value is -0.120. The molecule has 1 rings (SSSR count). The zero-order chi connectivity index (χ0) is 10.6. The van der Waals surface area contributed by atoms with Gasteiger partial charge in [-0.3, -0.25) is 4.90 Å². The van der Waals surface area contributed by atoms with E-state index in [0.717, 1.165) is 26.2 Å². The predicted molar refractivity (Wildman–Crippen MR) is 59.5 cm³/mol. The topological polar surface area (TPSA) is 26.7 Å². The largest absolute Gasteiger partial charge is 0.394 e. The molecule has 0 spiro atoms. The van der Waals surface area contributed by atoms with Gasteiger partial charge in [-0.1, -0.05) is 6.92 Å². The minimum Gasteiger partial charge on any atom is -0.394 e. The highest BCUT2D eigenvalue weighted by molar-refractivity contribution is 4.83. The monoisotopic (exact) mass is 200 g/mol. The van der Waals surface area contributed by atoms with E-state index in [1.165, 1.54) is 13.0 Å². The maximum absolute atomic E-state index is 9.31. The van der Waals surface area contributed by atoms with E-state index in [-0.39, 0.29) is 12.1 Å². The fourth-order valence-corrected chi connectivity index (χ4v) is 1.99. The zero-order valence-electron chi connectivity index (χ0n) is 9.79. The van der Waals surface area contributed by atoms with Gasteiger partial charge in [0, 0.05) is 25.2 Å². The van der Waals surface area contributed by atoms with Crippen molar-refractivity contribution in [1.82, 2.24) is 9.80 Å². The molecule has 3 heteroatoms. The first kappa shape index (κ1) is 12.0. The first-order valence-electron chi connectivity index (χ1n) is 5.68. The summed E-state index contributed by atoms with van der Waals surface area (Å²) in [5.74, 6) is 0. The summed E-state index contributed by atoms with van der Waals surface area (Å²) < 4.78 is 0. The van der Waals surface area contributed by atoms with Crippen LogP contribution in [0.25, 0.3) is 0 Å². The highest BCUT2D eigenvalue weighted by atomic mass is 16.3. The summed E-state index contributed by atoms with van der Waals surface area (Å²) in [4.78, 5) is 4.89. The van der Waals surface area contributed by atoms with Crippen molar-refractivity contribution in [2.24, 2.45) is 0 Å². The Balaban J connectivity index is 2.49. The molecule has 1 N–H and O–H groups in total. The Kier molecular flexibility index (Phi) is 4.35. The third-order valence-corrected chi connectivity index (χ3v) is 3.28. The molecule has 0 saturated carbocycles. The molecule has 0 aliphatic carbocycles. The Morgan fingerprint density at radius 2 is 1.86 bits per heavy atom. The van der Waals surface area contributed by atoms with Crippen LogP contribution in [-0.4, -0.2) is 59.8 Å². The smallest absolute Gasteiger partial charge is 0.0610 e. The van der Waals surface area contributed by atoms with E-state index in [1.807, 2.05) is 0 Å². The van der Waals surface area contributed by atoms with Crippen molar-refractivity contribution in [2.75, 3.05) is 39.3 Å². The fourth-order valence-electron chi connectivity index (χ4n) is 1.99. The second-order valence-electron chi connectivity index (χ2n) is 4.75. The Morgan fingerprint density at radius 3 is 2.43 bits per heavy atom. The van der Waals surface area contributed by atoms with Gasteiger partial charge in [0.25, 0.3) is 0 Å². The molecule has 1 fully saturated rings. The highest BCUT2D eigenvalue weighted by Gasteiger charge is 2.27. The minimum atomic E-state index is -0.0518. The van der Waals surface area contributed by atoms with Gasteiger partial charge in [-0.15, -0.1) is 0 Å². The first-order valence-corrected chi connectivity index (χ1v) is 5.68. The molecular formula is C11H24N2O. The molecule has 1 aliphatic heterocycles. The molecule has 0 bridgehead atoms. The molecule has 3 nitrogen and oxygen atoms in total. The van der Waals surface area contributed by atoms with Gasteiger partial charge in [0.15, 0.2) is 0 Å². The summed E-state index contributed by atoms with van der Waals surface area (Å²) in [5, 5.41) is 9.31. The summed E-state index contributed by atoms with van der Waals surface area (Å²) in [6, 6.07) is 0. The third kappa shape index (κ3) is 2.94. The van der Waals surface area contributed by atoms with Gasteiger partial charge < -0.3 is 10.0 Å². The molecule has 0 aromatic rings. The van der Waals surface area contributed by atoms with Gasteiger partial charge in [-0.05, 0) is 33.4 Å². The fraction of sp³-hybridized carbons (Fsp3) is 1.00. The Labute approximate surface area is 87.7 Å². The van der Waals surface area contributed by atoms with Crippen LogP contribution in [0.4, 0.5) is 0 Å². The molecule has 1 heterocycles. The van der Waals surface area contributed by atoms with Crippen molar-refractivity contribution in [1.29, 1.82) is 0 Å². The normalized spacial score (nSPS) is 22.3. The lowest BCUT2D eigenvalue weighted by atomic mass is 10.0. The molecule has 0 amide bonds. The molecule has 0 aromatic heterocycles. The van der Waals surface area contributed by atoms with Crippen LogP contribution in [0, 0.1) is 0 Å². The molecular weight excluding hydrogens is 176 g/mol. The van der Waals surface area contributed by atoms with Gasteiger partial charge in [-0.25, -0.2) is 0 Å². The van der Waals surface area contributed by atoms with Gasteiger partial charge in [0.05, 0.1) is 6.61 Å². The highest BCUT2D eigenvalue weighted by Crippen LogP contribution is 2.16. The van der Waals surface area contributed by atoms with Crippen LogP contribution in [0.5, 0.6) is 0 Å². The van der Waals surface area contributed by atoms with Crippen LogP contribution in [0.15, 0.2) is 0 Å². The number of hydrogen-bond donors (Lipinski definition) is 1. The molecule has 84 valence electrons. The minimum absolute atomic E-state index is 0.0518. The van der Waals surface area contributed by atoms with Crippen molar-refractivity contribution in [3.63, 3.8) is 0 Å². The summed E-state index contributed by atoms with van der Waals surface area (Å²) >= 11 is 0. The lowest BCUT2D eigenvalue weighted by Gasteiger charge is -2.36. The van der Waals surface area contributed by atoms with E-state index in [4.69, 9.17) is 0 Å². The van der Waals surface area contributed by atoms with Crippen molar-refractivity contribution in [3.05, 3.63) is 0 Å². The van der Waals surface area contributed by atoms with Crippen molar-refractivity contribution >= 4 is 0 Å². The van der Waals surface area contributed by atoms with E-state index < -0.39 is 0 Å². The second-order valence-corrected chi connectivity index (χ2v) is 4.75. The zero-order valence-corrected chi connectivity index (χ0v) is 9.79. The van der Waals surface area contributed by atoms with Gasteiger partial charge in [0.2, 0.25) is 0 Å². The molecule has 14 heavy (non-hydrogen) atoms. The number of aliphatic hydroxyl groups is 1. The summed E-state index contributed by atoms with van der Waals surface area (Å²) in [5.41, 5.74) is -0.0518. The SMILES string of the molecule is CCN1CCCN(C(C)(C)CO)CC1. The molecule has 0 atom stereocenters. The van der Waals surface area contributed by atoms with Crippen LogP contribution in [0.2, 0.25) is 0 Å². The van der Waals surface area contributed by atoms with E-state index in [2.05, 4.69) is 30.6 Å². The lowest BCUT2D eigenvalue weighted by molar-refractivity contribution is 0.0602. The predicted octanol–water partition coefficient (Wildman–Crippen LogP) is 0.785. The molecule has 1 aliphatic rings. The van der Waals surface area contributed by atoms with Crippen LogP contribution in [0.3, 0.4) is 0 Å². The second kappa shape index (κ2) is 5.10. The maximum Gasteiger partial charge on any atom is 0.0610 e. The summed E-state index contributed by atoms with van der Waals surface area (Å²) in [6.45, 7) is 12.4. The van der Waals surface area contributed by atoms with Crippen LogP contribution < -0.4 is 0 Å². The summed E-state index contributed by atoms with van der Waals surface area (Å²) in [6.07, 6.45) is 1.22. The van der Waals surface area contributed by atoms with Crippen LogP contribution in [-0.2, 0) is 0 Å². The molecule has 1 saturated heterocycles. The number of hydrogen-bond acceptors (Lipinski definition) is 3. The lowest BCUT2D eigenvalue weighted by Crippen LogP contribution is -2.48. The van der Waals surface area contributed by atoms with E-state index in [1.54, 1.807) is 0 Å². The molecule has 0 aromatic carbocycles. The first-order chi connectivity index (χ1) is 6.60. The van der Waals surface area contributed by atoms with Gasteiger partial charge in [0.1, 0.15) is 0 Å². The number of aliphatic hydroxyl groups excluding tert-OH is 1. The van der Waals surface area contributed by atoms with Gasteiger partial charge in [-0.2, -0.15) is 0 Å². The average molecular weight is 200 g/mol. The van der Waals surface area contributed by atoms with Gasteiger partial charge >= 0.3 is 0 Å². The molecule has 0 unspecified atom stereocenters. The van der Waals surface area contributed by atoms with Crippen LogP contribution in [0.1, 0.15) is 27.2 Å². The van der Waals surface area contributed by atoms with E-state index in [0.29, 0.717) is 0 Å². The number of likely N-dealkylation sites (N-methyl/N-ethyl adjacent to an activating group) is 1. The quantitative estimate of drug-likeness (QED) is 0.729. The van der Waals surface area contributed by atoms with E-state index in [9.17, 15) is 5.11 Å². The maximum atomic E-state index is 9.31. The standard InChI is InChI=1S/C11H24N2O/c1-4-12-6-5-7-13(9-8-12)11(2,3)10-14/h14H,4-10H2,1-3H3. The molecule has 0 radical (unpaired) electrons. The van der Waals surface area contributed by atoms with Crippen molar-refractivity contribution in [2.45, 2.75) is 32.7 Å². The average Bonchev–Trinajstić information content (AvgIpc) is 2.42. The van der Waals surface area contributed by atoms with Crippen LogP contribution >= 0.6 is 0 Å². The number of rotatable bonds is 3. The third-order valence-electron chi connectivity index (χ3n) is 3.28. The Bertz CT molecular complexity index is 171. The van der Waals surface area contributed by atoms with Crippen molar-refractivity contribution < 1.29 is 5.11 Å².